The standard InChI is InChI=1S/C18H28N4/c1-13-8-9-16-15(10-13)11-21(2)12-17(19)22(16)18(20)14-6-4-3-5-7-14/h8-10,14,17,20H,3-7,11-12,19H2,1-2H3. The summed E-state index contributed by atoms with van der Waals surface area (Å²) in [6.45, 7) is 3.82. The van der Waals surface area contributed by atoms with Crippen molar-refractivity contribution in [1.82, 2.24) is 4.90 Å². The van der Waals surface area contributed by atoms with Crippen molar-refractivity contribution in [3.8, 4) is 0 Å². The monoisotopic (exact) mass is 300 g/mol. The molecule has 1 saturated carbocycles. The molecule has 3 rings (SSSR count). The average Bonchev–Trinajstić information content (AvgIpc) is 2.61. The maximum Gasteiger partial charge on any atom is 0.105 e. The fourth-order valence-corrected chi connectivity index (χ4v) is 3.89. The van der Waals surface area contributed by atoms with Crippen LogP contribution >= 0.6 is 0 Å². The molecule has 3 N–H and O–H groups in total. The van der Waals surface area contributed by atoms with Gasteiger partial charge in [-0.2, -0.15) is 0 Å². The number of fused-ring (bicyclic) bond motifs is 1. The van der Waals surface area contributed by atoms with Crippen molar-refractivity contribution in [2.45, 2.75) is 51.7 Å². The molecule has 22 heavy (non-hydrogen) atoms. The molecule has 120 valence electrons. The summed E-state index contributed by atoms with van der Waals surface area (Å²) in [5.74, 6) is 1.10. The number of hydrogen-bond acceptors (Lipinski definition) is 3. The Morgan fingerprint density at radius 2 is 1.95 bits per heavy atom. The number of nitrogens with zero attached hydrogens (tertiary/aromatic N) is 2. The van der Waals surface area contributed by atoms with Crippen LogP contribution < -0.4 is 10.6 Å². The van der Waals surface area contributed by atoms with Gasteiger partial charge in [-0.05, 0) is 38.4 Å². The van der Waals surface area contributed by atoms with Crippen molar-refractivity contribution in [1.29, 1.82) is 5.41 Å². The van der Waals surface area contributed by atoms with Crippen LogP contribution in [0, 0.1) is 18.3 Å². The Balaban J connectivity index is 1.96. The Kier molecular flexibility index (Phi) is 4.50. The van der Waals surface area contributed by atoms with Crippen molar-refractivity contribution in [2.75, 3.05) is 18.5 Å². The van der Waals surface area contributed by atoms with Crippen molar-refractivity contribution < 1.29 is 0 Å². The number of anilines is 1. The van der Waals surface area contributed by atoms with Gasteiger partial charge in [0.25, 0.3) is 0 Å². The molecular formula is C18H28N4. The van der Waals surface area contributed by atoms with Gasteiger partial charge in [0.1, 0.15) is 5.84 Å². The van der Waals surface area contributed by atoms with E-state index in [-0.39, 0.29) is 6.17 Å². The number of likely N-dealkylation sites (N-methyl/N-ethyl adjacent to an activating group) is 1. The molecular weight excluding hydrogens is 272 g/mol. The number of nitrogens with two attached hydrogens (primary N) is 1. The smallest absolute Gasteiger partial charge is 0.105 e. The number of nitrogens with one attached hydrogen (secondary N) is 1. The molecule has 1 heterocycles. The van der Waals surface area contributed by atoms with Crippen LogP contribution in [0.4, 0.5) is 5.69 Å². The molecule has 0 radical (unpaired) electrons. The molecule has 1 aliphatic carbocycles. The first-order chi connectivity index (χ1) is 10.6. The van der Waals surface area contributed by atoms with E-state index in [1.807, 2.05) is 0 Å². The molecule has 0 bridgehead atoms. The van der Waals surface area contributed by atoms with E-state index in [0.717, 1.165) is 37.5 Å². The quantitative estimate of drug-likeness (QED) is 0.619. The summed E-state index contributed by atoms with van der Waals surface area (Å²) in [5, 5.41) is 8.78. The highest BCUT2D eigenvalue weighted by molar-refractivity contribution is 5.98. The zero-order valence-corrected chi connectivity index (χ0v) is 13.8. The van der Waals surface area contributed by atoms with Gasteiger partial charge in [-0.1, -0.05) is 37.0 Å². The molecule has 1 unspecified atom stereocenters. The van der Waals surface area contributed by atoms with E-state index in [0.29, 0.717) is 5.92 Å². The SMILES string of the molecule is Cc1ccc2c(c1)CN(C)CC(N)N2C(=N)C1CCCCC1. The minimum absolute atomic E-state index is 0.136. The first-order valence-electron chi connectivity index (χ1n) is 8.47. The lowest BCUT2D eigenvalue weighted by molar-refractivity contribution is 0.313. The van der Waals surface area contributed by atoms with E-state index < -0.39 is 0 Å². The third-order valence-electron chi connectivity index (χ3n) is 5.02. The summed E-state index contributed by atoms with van der Waals surface area (Å²) in [6, 6.07) is 6.53. The highest BCUT2D eigenvalue weighted by Gasteiger charge is 2.31. The summed E-state index contributed by atoms with van der Waals surface area (Å²) in [7, 11) is 2.11. The van der Waals surface area contributed by atoms with Crippen LogP contribution in [0.3, 0.4) is 0 Å². The molecule has 2 aliphatic rings. The number of hydrogen-bond donors (Lipinski definition) is 2. The maximum atomic E-state index is 8.78. The fraction of sp³-hybridized carbons (Fsp3) is 0.611. The van der Waals surface area contributed by atoms with Gasteiger partial charge in [0.2, 0.25) is 0 Å². The van der Waals surface area contributed by atoms with Crippen molar-refractivity contribution in [2.24, 2.45) is 11.7 Å². The maximum absolute atomic E-state index is 8.78. The number of amidine groups is 1. The van der Waals surface area contributed by atoms with Gasteiger partial charge in [0, 0.05) is 24.7 Å². The zero-order valence-electron chi connectivity index (χ0n) is 13.8. The lowest BCUT2D eigenvalue weighted by atomic mass is 9.87. The largest absolute Gasteiger partial charge is 0.313 e. The van der Waals surface area contributed by atoms with Gasteiger partial charge in [-0.15, -0.1) is 0 Å². The van der Waals surface area contributed by atoms with Gasteiger partial charge in [0.15, 0.2) is 0 Å². The second-order valence-corrected chi connectivity index (χ2v) is 6.99. The molecule has 0 saturated heterocycles. The average molecular weight is 300 g/mol. The zero-order chi connectivity index (χ0) is 15.7. The van der Waals surface area contributed by atoms with Gasteiger partial charge in [-0.3, -0.25) is 10.3 Å². The molecule has 1 aliphatic heterocycles. The molecule has 4 nitrogen and oxygen atoms in total. The Morgan fingerprint density at radius 3 is 2.68 bits per heavy atom. The topological polar surface area (TPSA) is 56.4 Å². The van der Waals surface area contributed by atoms with Gasteiger partial charge >= 0.3 is 0 Å². The molecule has 4 heteroatoms. The van der Waals surface area contributed by atoms with E-state index in [4.69, 9.17) is 11.1 Å². The van der Waals surface area contributed by atoms with Crippen molar-refractivity contribution in [3.05, 3.63) is 29.3 Å². The Hall–Kier alpha value is -1.39. The minimum atomic E-state index is -0.136. The van der Waals surface area contributed by atoms with Crippen LogP contribution in [0.2, 0.25) is 0 Å². The second-order valence-electron chi connectivity index (χ2n) is 6.99. The number of benzene rings is 1. The van der Waals surface area contributed by atoms with E-state index in [9.17, 15) is 0 Å². The molecule has 1 aromatic carbocycles. The number of rotatable bonds is 1. The number of aryl methyl sites for hydroxylation is 1. The summed E-state index contributed by atoms with van der Waals surface area (Å²) < 4.78 is 0. The van der Waals surface area contributed by atoms with Crippen LogP contribution in [0.1, 0.15) is 43.2 Å². The highest BCUT2D eigenvalue weighted by atomic mass is 15.3. The molecule has 0 amide bonds. The normalized spacial score (nSPS) is 24.0. The van der Waals surface area contributed by atoms with E-state index in [2.05, 4.69) is 42.0 Å². The van der Waals surface area contributed by atoms with Gasteiger partial charge < -0.3 is 10.6 Å². The fourth-order valence-electron chi connectivity index (χ4n) is 3.89. The molecule has 1 aromatic rings. The molecule has 0 spiro atoms. The first-order valence-corrected chi connectivity index (χ1v) is 8.47. The molecule has 0 aromatic heterocycles. The van der Waals surface area contributed by atoms with Crippen LogP contribution in [-0.2, 0) is 6.54 Å². The van der Waals surface area contributed by atoms with Crippen LogP contribution in [0.15, 0.2) is 18.2 Å². The lowest BCUT2D eigenvalue weighted by Crippen LogP contribution is -2.52. The minimum Gasteiger partial charge on any atom is -0.313 e. The van der Waals surface area contributed by atoms with E-state index in [1.54, 1.807) is 0 Å². The van der Waals surface area contributed by atoms with Gasteiger partial charge in [0.05, 0.1) is 6.17 Å². The Morgan fingerprint density at radius 1 is 1.23 bits per heavy atom. The van der Waals surface area contributed by atoms with Crippen LogP contribution in [0.25, 0.3) is 0 Å². The second kappa shape index (κ2) is 6.39. The first kappa shape index (κ1) is 15.5. The van der Waals surface area contributed by atoms with Crippen LogP contribution in [0.5, 0.6) is 0 Å². The Labute approximate surface area is 133 Å². The lowest BCUT2D eigenvalue weighted by Gasteiger charge is -2.36. The molecule has 1 atom stereocenters. The summed E-state index contributed by atoms with van der Waals surface area (Å²) in [6.07, 6.45) is 5.95. The highest BCUT2D eigenvalue weighted by Crippen LogP contribution is 2.32. The van der Waals surface area contributed by atoms with Crippen molar-refractivity contribution >= 4 is 11.5 Å². The van der Waals surface area contributed by atoms with E-state index in [1.165, 1.54) is 30.4 Å². The van der Waals surface area contributed by atoms with E-state index >= 15 is 0 Å². The summed E-state index contributed by atoms with van der Waals surface area (Å²) >= 11 is 0. The molecule has 1 fully saturated rings. The predicted molar refractivity (Wildman–Crippen MR) is 92.3 cm³/mol. The van der Waals surface area contributed by atoms with Gasteiger partial charge in [-0.25, -0.2) is 0 Å². The third kappa shape index (κ3) is 3.03. The third-order valence-corrected chi connectivity index (χ3v) is 5.02. The van der Waals surface area contributed by atoms with Crippen molar-refractivity contribution in [3.63, 3.8) is 0 Å². The predicted octanol–water partition coefficient (Wildman–Crippen LogP) is 3.09. The Bertz CT molecular complexity index is 548. The van der Waals surface area contributed by atoms with Crippen LogP contribution in [-0.4, -0.2) is 30.5 Å². The summed E-state index contributed by atoms with van der Waals surface area (Å²) in [5.41, 5.74) is 10.2. The summed E-state index contributed by atoms with van der Waals surface area (Å²) in [4.78, 5) is 4.37.